The van der Waals surface area contributed by atoms with E-state index < -0.39 is 5.97 Å². The van der Waals surface area contributed by atoms with E-state index in [0.29, 0.717) is 18.7 Å². The van der Waals surface area contributed by atoms with Crippen LogP contribution in [0.5, 0.6) is 0 Å². The monoisotopic (exact) mass is 292 g/mol. The van der Waals surface area contributed by atoms with Crippen molar-refractivity contribution in [1.82, 2.24) is 10.2 Å². The van der Waals surface area contributed by atoms with E-state index in [1.807, 2.05) is 0 Å². The van der Waals surface area contributed by atoms with Crippen molar-refractivity contribution in [3.63, 3.8) is 0 Å². The van der Waals surface area contributed by atoms with Gasteiger partial charge < -0.3 is 20.1 Å². The predicted octanol–water partition coefficient (Wildman–Crippen LogP) is 0.835. The molecule has 0 aliphatic carbocycles. The largest absolute Gasteiger partial charge is 0.478 e. The number of nitrogens with zero attached hydrogens (tertiary/aromatic N) is 1. The lowest BCUT2D eigenvalue weighted by Crippen LogP contribution is -2.40. The molecule has 2 N–H and O–H groups in total. The molecule has 0 bridgehead atoms. The van der Waals surface area contributed by atoms with Gasteiger partial charge in [0.15, 0.2) is 0 Å². The summed E-state index contributed by atoms with van der Waals surface area (Å²) in [7, 11) is 1.71. The van der Waals surface area contributed by atoms with Crippen molar-refractivity contribution in [1.29, 1.82) is 0 Å². The number of rotatable bonds is 5. The number of carboxylic acids is 1. The van der Waals surface area contributed by atoms with Crippen molar-refractivity contribution >= 4 is 11.9 Å². The third-order valence-corrected chi connectivity index (χ3v) is 3.49. The second-order valence-corrected chi connectivity index (χ2v) is 5.10. The van der Waals surface area contributed by atoms with Gasteiger partial charge in [-0.15, -0.1) is 0 Å². The average molecular weight is 292 g/mol. The minimum Gasteiger partial charge on any atom is -0.478 e. The van der Waals surface area contributed by atoms with Crippen LogP contribution in [0.25, 0.3) is 0 Å². The van der Waals surface area contributed by atoms with Crippen molar-refractivity contribution < 1.29 is 19.4 Å². The fraction of sp³-hybridized carbons (Fsp3) is 0.467. The normalized spacial score (nSPS) is 18.2. The van der Waals surface area contributed by atoms with Crippen LogP contribution in [0, 0.1) is 0 Å². The summed E-state index contributed by atoms with van der Waals surface area (Å²) in [6.07, 6.45) is 0.882. The summed E-state index contributed by atoms with van der Waals surface area (Å²) < 4.78 is 5.59. The van der Waals surface area contributed by atoms with Crippen LogP contribution >= 0.6 is 0 Å². The lowest BCUT2D eigenvalue weighted by molar-refractivity contribution is 0.0187. The van der Waals surface area contributed by atoms with Gasteiger partial charge in [-0.2, -0.15) is 0 Å². The van der Waals surface area contributed by atoms with Crippen molar-refractivity contribution in [2.45, 2.75) is 12.5 Å². The van der Waals surface area contributed by atoms with E-state index in [1.54, 1.807) is 24.1 Å². The minimum atomic E-state index is -1.03. The number of aromatic carboxylic acids is 1. The van der Waals surface area contributed by atoms with E-state index in [-0.39, 0.29) is 17.6 Å². The van der Waals surface area contributed by atoms with Crippen LogP contribution in [0.4, 0.5) is 0 Å². The first-order valence-electron chi connectivity index (χ1n) is 6.99. The number of amides is 1. The van der Waals surface area contributed by atoms with Crippen molar-refractivity contribution in [2.75, 3.05) is 33.3 Å². The summed E-state index contributed by atoms with van der Waals surface area (Å²) in [6.45, 7) is 2.94. The molecule has 6 heteroatoms. The SMILES string of the molecule is CN(CCC1CNCCO1)C(=O)c1cccc(C(=O)O)c1. The molecule has 0 spiro atoms. The molecule has 1 aromatic rings. The molecule has 0 radical (unpaired) electrons. The Morgan fingerprint density at radius 1 is 1.43 bits per heavy atom. The molecule has 0 aromatic heterocycles. The van der Waals surface area contributed by atoms with Gasteiger partial charge in [0.25, 0.3) is 5.91 Å². The molecule has 1 amide bonds. The molecule has 1 aliphatic rings. The summed E-state index contributed by atoms with van der Waals surface area (Å²) in [6, 6.07) is 6.09. The maximum absolute atomic E-state index is 12.3. The molecular weight excluding hydrogens is 272 g/mol. The number of hydrogen-bond acceptors (Lipinski definition) is 4. The maximum atomic E-state index is 12.3. The van der Waals surface area contributed by atoms with Crippen molar-refractivity contribution in [2.24, 2.45) is 0 Å². The van der Waals surface area contributed by atoms with Gasteiger partial charge in [-0.1, -0.05) is 6.07 Å². The van der Waals surface area contributed by atoms with E-state index in [1.165, 1.54) is 12.1 Å². The van der Waals surface area contributed by atoms with Crippen LogP contribution in [0.3, 0.4) is 0 Å². The zero-order valence-electron chi connectivity index (χ0n) is 12.0. The van der Waals surface area contributed by atoms with Gasteiger partial charge in [0.1, 0.15) is 0 Å². The number of benzene rings is 1. The highest BCUT2D eigenvalue weighted by Gasteiger charge is 2.17. The number of nitrogens with one attached hydrogen (secondary N) is 1. The van der Waals surface area contributed by atoms with Gasteiger partial charge >= 0.3 is 5.97 Å². The number of carbonyl (C=O) groups is 2. The van der Waals surface area contributed by atoms with Crippen LogP contribution < -0.4 is 5.32 Å². The Morgan fingerprint density at radius 3 is 2.86 bits per heavy atom. The number of ether oxygens (including phenoxy) is 1. The molecule has 1 aromatic carbocycles. The quantitative estimate of drug-likeness (QED) is 0.840. The summed E-state index contributed by atoms with van der Waals surface area (Å²) in [5.74, 6) is -1.21. The van der Waals surface area contributed by atoms with Gasteiger partial charge in [-0.25, -0.2) is 4.79 Å². The summed E-state index contributed by atoms with van der Waals surface area (Å²) >= 11 is 0. The molecule has 1 saturated heterocycles. The summed E-state index contributed by atoms with van der Waals surface area (Å²) in [5.41, 5.74) is 0.508. The number of hydrogen-bond donors (Lipinski definition) is 2. The lowest BCUT2D eigenvalue weighted by Gasteiger charge is -2.26. The Morgan fingerprint density at radius 2 is 2.19 bits per heavy atom. The first kappa shape index (κ1) is 15.5. The highest BCUT2D eigenvalue weighted by atomic mass is 16.5. The zero-order valence-corrected chi connectivity index (χ0v) is 12.0. The maximum Gasteiger partial charge on any atom is 0.335 e. The lowest BCUT2D eigenvalue weighted by atomic mass is 10.1. The Bertz CT molecular complexity index is 512. The first-order valence-corrected chi connectivity index (χ1v) is 6.99. The van der Waals surface area contributed by atoms with E-state index in [4.69, 9.17) is 9.84 Å². The topological polar surface area (TPSA) is 78.9 Å². The molecule has 2 rings (SSSR count). The Kier molecular flexibility index (Phi) is 5.30. The second kappa shape index (κ2) is 7.19. The summed E-state index contributed by atoms with van der Waals surface area (Å²) in [4.78, 5) is 24.8. The van der Waals surface area contributed by atoms with Gasteiger partial charge in [-0.05, 0) is 24.6 Å². The van der Waals surface area contributed by atoms with Crippen LogP contribution in [-0.2, 0) is 4.74 Å². The predicted molar refractivity (Wildman–Crippen MR) is 77.6 cm³/mol. The van der Waals surface area contributed by atoms with Crippen molar-refractivity contribution in [3.05, 3.63) is 35.4 Å². The van der Waals surface area contributed by atoms with Crippen LogP contribution in [0.15, 0.2) is 24.3 Å². The van der Waals surface area contributed by atoms with Crippen LogP contribution in [-0.4, -0.2) is 61.3 Å². The Balaban J connectivity index is 1.92. The molecule has 6 nitrogen and oxygen atoms in total. The number of morpholine rings is 1. The molecule has 21 heavy (non-hydrogen) atoms. The first-order chi connectivity index (χ1) is 10.1. The standard InChI is InChI=1S/C15H20N2O4/c1-17(7-5-13-10-16-6-8-21-13)14(18)11-3-2-4-12(9-11)15(19)20/h2-4,9,13,16H,5-8,10H2,1H3,(H,19,20). The Hall–Kier alpha value is -1.92. The smallest absolute Gasteiger partial charge is 0.335 e. The fourth-order valence-electron chi connectivity index (χ4n) is 2.25. The second-order valence-electron chi connectivity index (χ2n) is 5.10. The van der Waals surface area contributed by atoms with E-state index in [0.717, 1.165) is 19.5 Å². The molecule has 1 aliphatic heterocycles. The molecule has 1 unspecified atom stereocenters. The average Bonchev–Trinajstić information content (AvgIpc) is 2.53. The molecular formula is C15H20N2O4. The van der Waals surface area contributed by atoms with Gasteiger partial charge in [0, 0.05) is 32.2 Å². The molecule has 1 heterocycles. The zero-order chi connectivity index (χ0) is 15.2. The molecule has 1 atom stereocenters. The van der Waals surface area contributed by atoms with E-state index in [2.05, 4.69) is 5.32 Å². The number of carboxylic acid groups (broad SMARTS) is 1. The highest BCUT2D eigenvalue weighted by Crippen LogP contribution is 2.10. The molecule has 114 valence electrons. The Labute approximate surface area is 123 Å². The van der Waals surface area contributed by atoms with Crippen LogP contribution in [0.2, 0.25) is 0 Å². The van der Waals surface area contributed by atoms with E-state index in [9.17, 15) is 9.59 Å². The van der Waals surface area contributed by atoms with Gasteiger partial charge in [-0.3, -0.25) is 4.79 Å². The van der Waals surface area contributed by atoms with Crippen LogP contribution in [0.1, 0.15) is 27.1 Å². The van der Waals surface area contributed by atoms with E-state index >= 15 is 0 Å². The molecule has 0 saturated carbocycles. The minimum absolute atomic E-state index is 0.120. The number of carbonyl (C=O) groups excluding carboxylic acids is 1. The van der Waals surface area contributed by atoms with Gasteiger partial charge in [0.2, 0.25) is 0 Å². The third kappa shape index (κ3) is 4.27. The summed E-state index contributed by atoms with van der Waals surface area (Å²) in [5, 5.41) is 12.2. The third-order valence-electron chi connectivity index (χ3n) is 3.49. The van der Waals surface area contributed by atoms with Gasteiger partial charge in [0.05, 0.1) is 18.3 Å². The fourth-order valence-corrected chi connectivity index (χ4v) is 2.25. The molecule has 1 fully saturated rings. The van der Waals surface area contributed by atoms with Crippen molar-refractivity contribution in [3.8, 4) is 0 Å². The highest BCUT2D eigenvalue weighted by molar-refractivity contribution is 5.97.